The Morgan fingerprint density at radius 1 is 1.20 bits per heavy atom. The molecule has 0 spiro atoms. The van der Waals surface area contributed by atoms with Gasteiger partial charge in [0.25, 0.3) is 11.9 Å². The Labute approximate surface area is 139 Å². The zero-order chi connectivity index (χ0) is 18.0. The maximum atomic E-state index is 14.1. The summed E-state index contributed by atoms with van der Waals surface area (Å²) in [6, 6.07) is 2.12. The molecule has 0 aliphatic rings. The van der Waals surface area contributed by atoms with Crippen molar-refractivity contribution in [3.8, 4) is 11.7 Å². The van der Waals surface area contributed by atoms with E-state index in [2.05, 4.69) is 25.1 Å². The first-order chi connectivity index (χ1) is 12.0. The second kappa shape index (κ2) is 6.59. The largest absolute Gasteiger partial charge is 0.491 e. The van der Waals surface area contributed by atoms with Crippen molar-refractivity contribution in [3.63, 3.8) is 0 Å². The summed E-state index contributed by atoms with van der Waals surface area (Å²) < 4.78 is 46.8. The third-order valence-corrected chi connectivity index (χ3v) is 3.17. The summed E-state index contributed by atoms with van der Waals surface area (Å²) in [6.07, 6.45) is 5.68. The Kier molecular flexibility index (Phi) is 4.33. The van der Waals surface area contributed by atoms with E-state index < -0.39 is 34.7 Å². The van der Waals surface area contributed by atoms with Gasteiger partial charge < -0.3 is 10.1 Å². The lowest BCUT2D eigenvalue weighted by Gasteiger charge is -2.10. The van der Waals surface area contributed by atoms with E-state index in [1.54, 1.807) is 12.3 Å². The summed E-state index contributed by atoms with van der Waals surface area (Å²) in [5.74, 6) is -5.96. The summed E-state index contributed by atoms with van der Waals surface area (Å²) in [4.78, 5) is 20.1. The van der Waals surface area contributed by atoms with Crippen LogP contribution in [0.3, 0.4) is 0 Å². The number of methoxy groups -OCH3 is 1. The molecule has 10 heteroatoms. The van der Waals surface area contributed by atoms with Crippen molar-refractivity contribution in [2.24, 2.45) is 0 Å². The number of carbonyl (C=O) groups is 1. The highest BCUT2D eigenvalue weighted by Crippen LogP contribution is 2.27. The van der Waals surface area contributed by atoms with Gasteiger partial charge in [0.2, 0.25) is 5.82 Å². The Morgan fingerprint density at radius 3 is 2.52 bits per heavy atom. The van der Waals surface area contributed by atoms with Gasteiger partial charge in [-0.1, -0.05) is 0 Å². The van der Waals surface area contributed by atoms with Crippen LogP contribution in [0.4, 0.5) is 18.9 Å². The van der Waals surface area contributed by atoms with Crippen molar-refractivity contribution in [3.05, 3.63) is 59.9 Å². The van der Waals surface area contributed by atoms with Crippen LogP contribution in [-0.2, 0) is 0 Å². The summed E-state index contributed by atoms with van der Waals surface area (Å²) in [5, 5.41) is 6.23. The predicted octanol–water partition coefficient (Wildman–Crippen LogP) is 2.34. The maximum Gasteiger partial charge on any atom is 0.258 e. The first kappa shape index (κ1) is 16.4. The fraction of sp³-hybridized carbons (Fsp3) is 0.0667. The molecule has 128 valence electrons. The van der Waals surface area contributed by atoms with Crippen molar-refractivity contribution in [2.45, 2.75) is 0 Å². The van der Waals surface area contributed by atoms with E-state index in [-0.39, 0.29) is 11.6 Å². The molecule has 1 aromatic carbocycles. The molecule has 3 aromatic rings. The minimum Gasteiger partial charge on any atom is -0.491 e. The third kappa shape index (κ3) is 3.13. The number of nitrogens with one attached hydrogen (secondary N) is 1. The van der Waals surface area contributed by atoms with Crippen molar-refractivity contribution < 1.29 is 22.7 Å². The van der Waals surface area contributed by atoms with Crippen LogP contribution >= 0.6 is 0 Å². The maximum absolute atomic E-state index is 14.1. The number of hydrogen-bond donors (Lipinski definition) is 1. The lowest BCUT2D eigenvalue weighted by atomic mass is 10.1. The van der Waals surface area contributed by atoms with E-state index in [9.17, 15) is 18.0 Å². The zero-order valence-corrected chi connectivity index (χ0v) is 12.7. The van der Waals surface area contributed by atoms with Crippen LogP contribution in [0.5, 0.6) is 5.75 Å². The Hall–Kier alpha value is -3.43. The van der Waals surface area contributed by atoms with E-state index >= 15 is 0 Å². The van der Waals surface area contributed by atoms with Gasteiger partial charge in [-0.15, -0.1) is 0 Å². The van der Waals surface area contributed by atoms with E-state index in [0.29, 0.717) is 6.07 Å². The minimum atomic E-state index is -1.51. The van der Waals surface area contributed by atoms with Gasteiger partial charge in [-0.25, -0.2) is 23.4 Å². The highest BCUT2D eigenvalue weighted by molar-refractivity contribution is 6.04. The molecule has 0 saturated carbocycles. The molecule has 2 heterocycles. The van der Waals surface area contributed by atoms with E-state index in [0.717, 1.165) is 7.11 Å². The Bertz CT molecular complexity index is 914. The van der Waals surface area contributed by atoms with Gasteiger partial charge in [0, 0.05) is 12.4 Å². The number of rotatable bonds is 4. The minimum absolute atomic E-state index is 0.129. The fourth-order valence-corrected chi connectivity index (χ4v) is 2.01. The van der Waals surface area contributed by atoms with Crippen LogP contribution in [0.15, 0.2) is 36.9 Å². The molecule has 0 unspecified atom stereocenters. The highest BCUT2D eigenvalue weighted by Gasteiger charge is 2.23. The average Bonchev–Trinajstić information content (AvgIpc) is 3.14. The van der Waals surface area contributed by atoms with Gasteiger partial charge in [-0.05, 0) is 12.1 Å². The molecule has 0 radical (unpaired) electrons. The number of hydrogen-bond acceptors (Lipinski definition) is 5. The topological polar surface area (TPSA) is 81.9 Å². The second-order valence-electron chi connectivity index (χ2n) is 4.74. The van der Waals surface area contributed by atoms with Crippen molar-refractivity contribution >= 4 is 11.6 Å². The lowest BCUT2D eigenvalue weighted by molar-refractivity contribution is 0.102. The van der Waals surface area contributed by atoms with Gasteiger partial charge in [-0.2, -0.15) is 9.49 Å². The van der Waals surface area contributed by atoms with Crippen LogP contribution in [0.25, 0.3) is 5.95 Å². The number of halogens is 3. The summed E-state index contributed by atoms with van der Waals surface area (Å²) >= 11 is 0. The first-order valence-electron chi connectivity index (χ1n) is 6.86. The predicted molar refractivity (Wildman–Crippen MR) is 80.0 cm³/mol. The van der Waals surface area contributed by atoms with Crippen molar-refractivity contribution in [1.82, 2.24) is 19.7 Å². The molecular weight excluding hydrogens is 339 g/mol. The second-order valence-corrected chi connectivity index (χ2v) is 4.74. The van der Waals surface area contributed by atoms with Crippen LogP contribution < -0.4 is 10.1 Å². The van der Waals surface area contributed by atoms with Gasteiger partial charge in [-0.3, -0.25) is 4.79 Å². The molecule has 0 atom stereocenters. The number of nitrogens with zero attached hydrogens (tertiary/aromatic N) is 4. The van der Waals surface area contributed by atoms with Gasteiger partial charge >= 0.3 is 0 Å². The van der Waals surface area contributed by atoms with Gasteiger partial charge in [0.1, 0.15) is 0 Å². The van der Waals surface area contributed by atoms with Crippen LogP contribution in [0, 0.1) is 17.5 Å². The van der Waals surface area contributed by atoms with E-state index in [1.807, 2.05) is 0 Å². The molecule has 0 saturated heterocycles. The number of ether oxygens (including phenoxy) is 1. The molecule has 0 fully saturated rings. The molecule has 25 heavy (non-hydrogen) atoms. The first-order valence-corrected chi connectivity index (χ1v) is 6.86. The van der Waals surface area contributed by atoms with Crippen LogP contribution in [0.2, 0.25) is 0 Å². The molecule has 0 aliphatic heterocycles. The van der Waals surface area contributed by atoms with Crippen molar-refractivity contribution in [2.75, 3.05) is 12.4 Å². The summed E-state index contributed by atoms with van der Waals surface area (Å²) in [6.45, 7) is 0. The number of benzene rings is 1. The number of aromatic nitrogens is 4. The third-order valence-electron chi connectivity index (χ3n) is 3.17. The highest BCUT2D eigenvalue weighted by atomic mass is 19.2. The zero-order valence-electron chi connectivity index (χ0n) is 12.7. The number of amides is 1. The molecule has 0 bridgehead atoms. The summed E-state index contributed by atoms with van der Waals surface area (Å²) in [7, 11) is 0.963. The standard InChI is InChI=1S/C15H10F3N5O2/c1-25-13-11(17)9(5-10(16)12(13)18)14(24)22-8-6-19-15(20-7-8)23-4-2-3-21-23/h2-7H,1H3,(H,22,24). The molecule has 0 aliphatic carbocycles. The molecular formula is C15H10F3N5O2. The number of carbonyl (C=O) groups excluding carboxylic acids is 1. The molecule has 1 amide bonds. The van der Waals surface area contributed by atoms with Gasteiger partial charge in [0.05, 0.1) is 30.8 Å². The molecule has 1 N–H and O–H groups in total. The average molecular weight is 349 g/mol. The van der Waals surface area contributed by atoms with Gasteiger partial charge in [0.15, 0.2) is 17.4 Å². The molecule has 2 aromatic heterocycles. The Balaban J connectivity index is 1.84. The van der Waals surface area contributed by atoms with Crippen LogP contribution in [-0.4, -0.2) is 32.8 Å². The quantitative estimate of drug-likeness (QED) is 0.731. The van der Waals surface area contributed by atoms with Crippen LogP contribution in [0.1, 0.15) is 10.4 Å². The lowest BCUT2D eigenvalue weighted by Crippen LogP contribution is -2.16. The fourth-order valence-electron chi connectivity index (χ4n) is 2.01. The Morgan fingerprint density at radius 2 is 1.92 bits per heavy atom. The SMILES string of the molecule is COc1c(F)c(F)cc(C(=O)Nc2cnc(-n3cccn3)nc2)c1F. The summed E-state index contributed by atoms with van der Waals surface area (Å²) in [5.41, 5.74) is -0.587. The number of anilines is 1. The smallest absolute Gasteiger partial charge is 0.258 e. The monoisotopic (exact) mass is 349 g/mol. The van der Waals surface area contributed by atoms with Crippen molar-refractivity contribution in [1.29, 1.82) is 0 Å². The normalized spacial score (nSPS) is 10.6. The van der Waals surface area contributed by atoms with E-state index in [4.69, 9.17) is 0 Å². The molecule has 7 nitrogen and oxygen atoms in total. The molecule has 3 rings (SSSR count). The van der Waals surface area contributed by atoms with E-state index in [1.165, 1.54) is 23.3 Å².